The average Bonchev–Trinajstić information content (AvgIpc) is 2.52. The largest absolute Gasteiger partial charge is 0.465 e. The fourth-order valence-electron chi connectivity index (χ4n) is 3.22. The molecule has 1 rings (SSSR count). The van der Waals surface area contributed by atoms with Crippen molar-refractivity contribution in [3.63, 3.8) is 0 Å². The van der Waals surface area contributed by atoms with Gasteiger partial charge in [-0.2, -0.15) is 0 Å². The third kappa shape index (κ3) is 10.8. The molecule has 0 atom stereocenters. The van der Waals surface area contributed by atoms with E-state index in [1.807, 2.05) is 0 Å². The lowest BCUT2D eigenvalue weighted by Crippen LogP contribution is -2.16. The van der Waals surface area contributed by atoms with Gasteiger partial charge in [0.2, 0.25) is 0 Å². The predicted molar refractivity (Wildman–Crippen MR) is 89.4 cm³/mol. The van der Waals surface area contributed by atoms with Gasteiger partial charge in [0, 0.05) is 6.42 Å². The average molecular weight is 296 g/mol. The molecule has 0 amide bonds. The zero-order chi connectivity index (χ0) is 15.2. The molecule has 124 valence electrons. The molecular weight excluding hydrogens is 260 g/mol. The van der Waals surface area contributed by atoms with Gasteiger partial charge in [-0.25, -0.2) is 0 Å². The Labute approximate surface area is 132 Å². The van der Waals surface area contributed by atoms with Crippen LogP contribution in [0.1, 0.15) is 103 Å². The second-order valence-electron chi connectivity index (χ2n) is 6.77. The van der Waals surface area contributed by atoms with Crippen LogP contribution in [0.25, 0.3) is 0 Å². The lowest BCUT2D eigenvalue weighted by atomic mass is 9.90. The maximum absolute atomic E-state index is 11.7. The zero-order valence-corrected chi connectivity index (χ0v) is 14.2. The number of ether oxygens (including phenoxy) is 1. The molecule has 1 saturated carbocycles. The summed E-state index contributed by atoms with van der Waals surface area (Å²) in [5, 5.41) is 0. The van der Waals surface area contributed by atoms with Crippen molar-refractivity contribution in [1.29, 1.82) is 0 Å². The Morgan fingerprint density at radius 2 is 1.43 bits per heavy atom. The van der Waals surface area contributed by atoms with Crippen LogP contribution in [0.5, 0.6) is 0 Å². The molecule has 0 spiro atoms. The van der Waals surface area contributed by atoms with Crippen molar-refractivity contribution in [2.75, 3.05) is 6.61 Å². The van der Waals surface area contributed by atoms with Gasteiger partial charge in [0.15, 0.2) is 0 Å². The van der Waals surface area contributed by atoms with Gasteiger partial charge in [-0.05, 0) is 25.2 Å². The van der Waals surface area contributed by atoms with Gasteiger partial charge in [-0.15, -0.1) is 0 Å². The minimum atomic E-state index is 0.0310. The Bertz CT molecular complexity index is 244. The van der Waals surface area contributed by atoms with Crippen LogP contribution >= 0.6 is 0 Å². The normalized spacial score (nSPS) is 16.0. The van der Waals surface area contributed by atoms with E-state index in [9.17, 15) is 4.79 Å². The third-order valence-electron chi connectivity index (χ3n) is 4.69. The summed E-state index contributed by atoms with van der Waals surface area (Å²) < 4.78 is 5.41. The van der Waals surface area contributed by atoms with Gasteiger partial charge in [0.05, 0.1) is 6.61 Å². The van der Waals surface area contributed by atoms with Crippen molar-refractivity contribution in [1.82, 2.24) is 0 Å². The summed E-state index contributed by atoms with van der Waals surface area (Å²) in [4.78, 5) is 11.7. The molecule has 0 aromatic rings. The maximum atomic E-state index is 11.7. The molecule has 0 heterocycles. The smallest absolute Gasteiger partial charge is 0.305 e. The highest BCUT2D eigenvalue weighted by atomic mass is 16.5. The molecule has 0 bridgehead atoms. The van der Waals surface area contributed by atoms with Crippen LogP contribution in [-0.4, -0.2) is 12.6 Å². The SMILES string of the molecule is CCCCCCCCCCCC(=O)OCC1CCCCC1. The van der Waals surface area contributed by atoms with Crippen molar-refractivity contribution in [3.05, 3.63) is 0 Å². The fraction of sp³-hybridized carbons (Fsp3) is 0.947. The molecule has 0 aromatic carbocycles. The lowest BCUT2D eigenvalue weighted by molar-refractivity contribution is -0.145. The Hall–Kier alpha value is -0.530. The topological polar surface area (TPSA) is 26.3 Å². The van der Waals surface area contributed by atoms with Crippen molar-refractivity contribution in [2.45, 2.75) is 103 Å². The number of hydrogen-bond acceptors (Lipinski definition) is 2. The number of carbonyl (C=O) groups is 1. The first-order chi connectivity index (χ1) is 10.3. The number of carbonyl (C=O) groups excluding carboxylic acids is 1. The van der Waals surface area contributed by atoms with Gasteiger partial charge >= 0.3 is 5.97 Å². The molecule has 2 heteroatoms. The molecule has 0 aromatic heterocycles. The summed E-state index contributed by atoms with van der Waals surface area (Å²) in [5.41, 5.74) is 0. The fourth-order valence-corrected chi connectivity index (χ4v) is 3.22. The van der Waals surface area contributed by atoms with E-state index < -0.39 is 0 Å². The molecule has 0 saturated heterocycles. The molecule has 2 nitrogen and oxygen atoms in total. The predicted octanol–water partition coefficient (Wildman–Crippen LogP) is 6.03. The highest BCUT2D eigenvalue weighted by molar-refractivity contribution is 5.69. The highest BCUT2D eigenvalue weighted by Gasteiger charge is 2.15. The van der Waals surface area contributed by atoms with E-state index in [4.69, 9.17) is 4.74 Å². The van der Waals surface area contributed by atoms with Crippen molar-refractivity contribution >= 4 is 5.97 Å². The van der Waals surface area contributed by atoms with Crippen LogP contribution in [0.4, 0.5) is 0 Å². The minimum absolute atomic E-state index is 0.0310. The molecule has 1 aliphatic carbocycles. The molecule has 1 fully saturated rings. The van der Waals surface area contributed by atoms with Gasteiger partial charge in [0.25, 0.3) is 0 Å². The molecule has 0 radical (unpaired) electrons. The van der Waals surface area contributed by atoms with Crippen molar-refractivity contribution < 1.29 is 9.53 Å². The van der Waals surface area contributed by atoms with E-state index in [0.29, 0.717) is 18.9 Å². The summed E-state index contributed by atoms with van der Waals surface area (Å²) >= 11 is 0. The number of esters is 1. The van der Waals surface area contributed by atoms with Crippen molar-refractivity contribution in [2.24, 2.45) is 5.92 Å². The summed E-state index contributed by atoms with van der Waals surface area (Å²) in [6.45, 7) is 2.93. The molecule has 21 heavy (non-hydrogen) atoms. The van der Waals surface area contributed by atoms with Gasteiger partial charge in [-0.1, -0.05) is 77.6 Å². The van der Waals surface area contributed by atoms with Crippen LogP contribution in [0.3, 0.4) is 0 Å². The van der Waals surface area contributed by atoms with Gasteiger partial charge in [-0.3, -0.25) is 4.79 Å². The monoisotopic (exact) mass is 296 g/mol. The minimum Gasteiger partial charge on any atom is -0.465 e. The maximum Gasteiger partial charge on any atom is 0.305 e. The van der Waals surface area contributed by atoms with E-state index in [2.05, 4.69) is 6.92 Å². The standard InChI is InChI=1S/C19H36O2/c1-2-3-4-5-6-7-8-9-13-16-19(20)21-17-18-14-11-10-12-15-18/h18H,2-17H2,1H3. The summed E-state index contributed by atoms with van der Waals surface area (Å²) in [5.74, 6) is 0.675. The summed E-state index contributed by atoms with van der Waals surface area (Å²) in [6.07, 6.45) is 18.8. The quantitative estimate of drug-likeness (QED) is 0.324. The second-order valence-corrected chi connectivity index (χ2v) is 6.77. The number of rotatable bonds is 12. The van der Waals surface area contributed by atoms with Crippen LogP contribution in [0.15, 0.2) is 0 Å². The van der Waals surface area contributed by atoms with Crippen LogP contribution in [0, 0.1) is 5.92 Å². The van der Waals surface area contributed by atoms with Crippen LogP contribution < -0.4 is 0 Å². The van der Waals surface area contributed by atoms with E-state index in [0.717, 1.165) is 6.42 Å². The number of unbranched alkanes of at least 4 members (excludes halogenated alkanes) is 8. The first kappa shape index (κ1) is 18.5. The lowest BCUT2D eigenvalue weighted by Gasteiger charge is -2.20. The Balaban J connectivity index is 1.82. The Morgan fingerprint density at radius 1 is 0.857 bits per heavy atom. The van der Waals surface area contributed by atoms with Gasteiger partial charge < -0.3 is 4.74 Å². The highest BCUT2D eigenvalue weighted by Crippen LogP contribution is 2.23. The summed E-state index contributed by atoms with van der Waals surface area (Å²) in [7, 11) is 0. The second kappa shape index (κ2) is 13.2. The Kier molecular flexibility index (Phi) is 11.6. The van der Waals surface area contributed by atoms with E-state index in [1.165, 1.54) is 83.5 Å². The Morgan fingerprint density at radius 3 is 2.05 bits per heavy atom. The molecule has 0 N–H and O–H groups in total. The first-order valence-corrected chi connectivity index (χ1v) is 9.48. The van der Waals surface area contributed by atoms with E-state index in [-0.39, 0.29) is 5.97 Å². The van der Waals surface area contributed by atoms with Crippen LogP contribution in [-0.2, 0) is 9.53 Å². The molecule has 1 aliphatic rings. The number of hydrogen-bond donors (Lipinski definition) is 0. The molecule has 0 unspecified atom stereocenters. The van der Waals surface area contributed by atoms with E-state index >= 15 is 0 Å². The van der Waals surface area contributed by atoms with E-state index in [1.54, 1.807) is 0 Å². The van der Waals surface area contributed by atoms with Crippen LogP contribution in [0.2, 0.25) is 0 Å². The summed E-state index contributed by atoms with van der Waals surface area (Å²) in [6, 6.07) is 0. The van der Waals surface area contributed by atoms with Crippen molar-refractivity contribution in [3.8, 4) is 0 Å². The molecule has 0 aliphatic heterocycles. The van der Waals surface area contributed by atoms with Gasteiger partial charge in [0.1, 0.15) is 0 Å². The first-order valence-electron chi connectivity index (χ1n) is 9.48. The molecular formula is C19H36O2. The zero-order valence-electron chi connectivity index (χ0n) is 14.2. The third-order valence-corrected chi connectivity index (χ3v) is 4.69.